The Hall–Kier alpha value is -1.55. The molecule has 3 N–H and O–H groups in total. The Balaban J connectivity index is 1.62. The predicted octanol–water partition coefficient (Wildman–Crippen LogP) is 2.40. The minimum atomic E-state index is 0.0661. The van der Waals surface area contributed by atoms with Gasteiger partial charge in [-0.1, -0.05) is 24.3 Å². The van der Waals surface area contributed by atoms with Gasteiger partial charge < -0.3 is 16.0 Å². The van der Waals surface area contributed by atoms with Gasteiger partial charge in [-0.2, -0.15) is 0 Å². The van der Waals surface area contributed by atoms with Gasteiger partial charge in [0.15, 0.2) is 0 Å². The zero-order valence-electron chi connectivity index (χ0n) is 12.0. The molecule has 0 bridgehead atoms. The van der Waals surface area contributed by atoms with E-state index in [1.807, 2.05) is 17.0 Å². The molecular weight excluding hydrogens is 250 g/mol. The van der Waals surface area contributed by atoms with Gasteiger partial charge in [0.05, 0.1) is 6.04 Å². The zero-order chi connectivity index (χ0) is 14.1. The van der Waals surface area contributed by atoms with Gasteiger partial charge in [0.2, 0.25) is 0 Å². The average Bonchev–Trinajstić information content (AvgIpc) is 3.04. The molecule has 1 aliphatic heterocycles. The first-order chi connectivity index (χ1) is 9.69. The minimum absolute atomic E-state index is 0.0661. The summed E-state index contributed by atoms with van der Waals surface area (Å²) in [5.74, 6) is 0.577. The van der Waals surface area contributed by atoms with Crippen molar-refractivity contribution in [2.24, 2.45) is 11.7 Å². The number of nitrogens with zero attached hydrogens (tertiary/aromatic N) is 1. The number of carbonyl (C=O) groups is 1. The number of fused-ring (bicyclic) bond motifs is 1. The van der Waals surface area contributed by atoms with Crippen LogP contribution in [0.15, 0.2) is 24.3 Å². The van der Waals surface area contributed by atoms with Crippen LogP contribution in [0.1, 0.15) is 43.4 Å². The van der Waals surface area contributed by atoms with Crippen LogP contribution >= 0.6 is 0 Å². The summed E-state index contributed by atoms with van der Waals surface area (Å²) in [4.78, 5) is 14.4. The number of amides is 2. The van der Waals surface area contributed by atoms with Gasteiger partial charge in [-0.25, -0.2) is 4.79 Å². The Bertz CT molecular complexity index is 502. The fourth-order valence-electron chi connectivity index (χ4n) is 3.50. The monoisotopic (exact) mass is 273 g/mol. The van der Waals surface area contributed by atoms with Crippen molar-refractivity contribution in [1.82, 2.24) is 10.2 Å². The molecule has 2 aliphatic rings. The highest BCUT2D eigenvalue weighted by molar-refractivity contribution is 5.76. The topological polar surface area (TPSA) is 58.4 Å². The second-order valence-electron chi connectivity index (χ2n) is 6.06. The summed E-state index contributed by atoms with van der Waals surface area (Å²) in [5.41, 5.74) is 8.24. The Morgan fingerprint density at radius 3 is 2.90 bits per heavy atom. The van der Waals surface area contributed by atoms with Gasteiger partial charge in [-0.05, 0) is 49.8 Å². The molecule has 4 nitrogen and oxygen atoms in total. The van der Waals surface area contributed by atoms with Gasteiger partial charge in [-0.15, -0.1) is 0 Å². The number of rotatable bonds is 2. The van der Waals surface area contributed by atoms with Crippen molar-refractivity contribution in [2.75, 3.05) is 6.54 Å². The number of benzene rings is 1. The smallest absolute Gasteiger partial charge is 0.318 e. The van der Waals surface area contributed by atoms with Crippen LogP contribution in [0.25, 0.3) is 0 Å². The highest BCUT2D eigenvalue weighted by Crippen LogP contribution is 2.33. The van der Waals surface area contributed by atoms with Crippen LogP contribution < -0.4 is 11.1 Å². The highest BCUT2D eigenvalue weighted by atomic mass is 16.2. The van der Waals surface area contributed by atoms with Crippen LogP contribution in [0.4, 0.5) is 4.79 Å². The summed E-state index contributed by atoms with van der Waals surface area (Å²) >= 11 is 0. The van der Waals surface area contributed by atoms with E-state index in [2.05, 4.69) is 24.4 Å². The normalized spacial score (nSPS) is 28.5. The lowest BCUT2D eigenvalue weighted by atomic mass is 10.1. The average molecular weight is 273 g/mol. The molecule has 0 radical (unpaired) electrons. The van der Waals surface area contributed by atoms with E-state index in [0.717, 1.165) is 32.4 Å². The van der Waals surface area contributed by atoms with Crippen LogP contribution in [0.3, 0.4) is 0 Å². The first-order valence-electron chi connectivity index (χ1n) is 7.54. The molecule has 108 valence electrons. The van der Waals surface area contributed by atoms with E-state index in [1.54, 1.807) is 0 Å². The highest BCUT2D eigenvalue weighted by Gasteiger charge is 2.32. The van der Waals surface area contributed by atoms with Crippen molar-refractivity contribution in [1.29, 1.82) is 0 Å². The number of urea groups is 1. The van der Waals surface area contributed by atoms with Crippen molar-refractivity contribution in [3.63, 3.8) is 0 Å². The number of nitrogens with one attached hydrogen (secondary N) is 1. The van der Waals surface area contributed by atoms with E-state index in [1.165, 1.54) is 11.1 Å². The number of carbonyl (C=O) groups excluding carboxylic acids is 1. The number of hydrogen-bond acceptors (Lipinski definition) is 2. The lowest BCUT2D eigenvalue weighted by Crippen LogP contribution is -2.42. The van der Waals surface area contributed by atoms with Crippen LogP contribution in [0, 0.1) is 5.92 Å². The molecule has 1 aromatic carbocycles. The van der Waals surface area contributed by atoms with E-state index >= 15 is 0 Å². The molecule has 1 aromatic rings. The Morgan fingerprint density at radius 1 is 1.40 bits per heavy atom. The molecule has 1 fully saturated rings. The van der Waals surface area contributed by atoms with E-state index in [9.17, 15) is 4.79 Å². The molecular formula is C16H23N3O. The quantitative estimate of drug-likeness (QED) is 0.869. The molecule has 0 saturated heterocycles. The maximum atomic E-state index is 12.5. The first kappa shape index (κ1) is 13.4. The van der Waals surface area contributed by atoms with Crippen LogP contribution in [0.5, 0.6) is 0 Å². The van der Waals surface area contributed by atoms with Crippen molar-refractivity contribution in [3.8, 4) is 0 Å². The summed E-state index contributed by atoms with van der Waals surface area (Å²) < 4.78 is 0. The SMILES string of the molecule is CC1c2ccccc2CN1C(=O)NC1CCC(CN)C1. The van der Waals surface area contributed by atoms with Gasteiger partial charge in [0.25, 0.3) is 0 Å². The van der Waals surface area contributed by atoms with E-state index < -0.39 is 0 Å². The maximum absolute atomic E-state index is 12.5. The van der Waals surface area contributed by atoms with Crippen molar-refractivity contribution in [3.05, 3.63) is 35.4 Å². The molecule has 20 heavy (non-hydrogen) atoms. The molecule has 1 aliphatic carbocycles. The van der Waals surface area contributed by atoms with Crippen LogP contribution in [-0.2, 0) is 6.54 Å². The molecule has 3 rings (SSSR count). The Labute approximate surface area is 120 Å². The Morgan fingerprint density at radius 2 is 2.20 bits per heavy atom. The van der Waals surface area contributed by atoms with Crippen LogP contribution in [0.2, 0.25) is 0 Å². The zero-order valence-corrected chi connectivity index (χ0v) is 12.0. The number of hydrogen-bond donors (Lipinski definition) is 2. The van der Waals surface area contributed by atoms with Crippen molar-refractivity contribution < 1.29 is 4.79 Å². The maximum Gasteiger partial charge on any atom is 0.318 e. The molecule has 0 aromatic heterocycles. The first-order valence-corrected chi connectivity index (χ1v) is 7.54. The van der Waals surface area contributed by atoms with Gasteiger partial charge >= 0.3 is 6.03 Å². The largest absolute Gasteiger partial charge is 0.335 e. The second kappa shape index (κ2) is 5.44. The third-order valence-corrected chi connectivity index (χ3v) is 4.78. The molecule has 4 heteroatoms. The standard InChI is InChI=1S/C16H23N3O/c1-11-15-5-3-2-4-13(15)10-19(11)16(20)18-14-7-6-12(8-14)9-17/h2-5,11-12,14H,6-10,17H2,1H3,(H,18,20). The molecule has 1 saturated carbocycles. The third-order valence-electron chi connectivity index (χ3n) is 4.78. The minimum Gasteiger partial charge on any atom is -0.335 e. The summed E-state index contributed by atoms with van der Waals surface area (Å²) in [5, 5.41) is 3.18. The summed E-state index contributed by atoms with van der Waals surface area (Å²) in [6, 6.07) is 8.84. The number of nitrogens with two attached hydrogens (primary N) is 1. The molecule has 1 heterocycles. The molecule has 3 atom stereocenters. The molecule has 2 amide bonds. The van der Waals surface area contributed by atoms with Gasteiger partial charge in [0.1, 0.15) is 0 Å². The van der Waals surface area contributed by atoms with Crippen molar-refractivity contribution in [2.45, 2.75) is 44.8 Å². The second-order valence-corrected chi connectivity index (χ2v) is 6.06. The van der Waals surface area contributed by atoms with Crippen LogP contribution in [-0.4, -0.2) is 23.5 Å². The molecule has 3 unspecified atom stereocenters. The predicted molar refractivity (Wildman–Crippen MR) is 79.1 cm³/mol. The Kier molecular flexibility index (Phi) is 3.66. The summed E-state index contributed by atoms with van der Waals surface area (Å²) in [7, 11) is 0. The van der Waals surface area contributed by atoms with Crippen molar-refractivity contribution >= 4 is 6.03 Å². The lowest BCUT2D eigenvalue weighted by molar-refractivity contribution is 0.180. The van der Waals surface area contributed by atoms with E-state index in [0.29, 0.717) is 12.0 Å². The lowest BCUT2D eigenvalue weighted by Gasteiger charge is -2.24. The fourth-order valence-corrected chi connectivity index (χ4v) is 3.50. The molecule has 0 spiro atoms. The van der Waals surface area contributed by atoms with Gasteiger partial charge in [-0.3, -0.25) is 0 Å². The third kappa shape index (κ3) is 2.40. The van der Waals surface area contributed by atoms with E-state index in [-0.39, 0.29) is 12.1 Å². The summed E-state index contributed by atoms with van der Waals surface area (Å²) in [6.07, 6.45) is 3.22. The summed E-state index contributed by atoms with van der Waals surface area (Å²) in [6.45, 7) is 3.55. The fraction of sp³-hybridized carbons (Fsp3) is 0.562. The van der Waals surface area contributed by atoms with E-state index in [4.69, 9.17) is 5.73 Å². The van der Waals surface area contributed by atoms with Gasteiger partial charge in [0, 0.05) is 12.6 Å².